The Balaban J connectivity index is 2.28. The smallest absolute Gasteiger partial charge is 0.326 e. The van der Waals surface area contributed by atoms with E-state index >= 15 is 0 Å². The minimum absolute atomic E-state index is 0.346. The van der Waals surface area contributed by atoms with Crippen molar-refractivity contribution >= 4 is 17.8 Å². The van der Waals surface area contributed by atoms with Crippen LogP contribution in [0.1, 0.15) is 22.8 Å². The van der Waals surface area contributed by atoms with Gasteiger partial charge in [0.05, 0.1) is 5.10 Å². The first-order chi connectivity index (χ1) is 9.49. The van der Waals surface area contributed by atoms with Gasteiger partial charge in [0.25, 0.3) is 0 Å². The van der Waals surface area contributed by atoms with Crippen molar-refractivity contribution in [1.82, 2.24) is 10.2 Å². The number of benzene rings is 1. The van der Waals surface area contributed by atoms with E-state index in [1.165, 1.54) is 0 Å². The van der Waals surface area contributed by atoms with Crippen molar-refractivity contribution in [3.05, 3.63) is 52.2 Å². The quantitative estimate of drug-likeness (QED) is 0.632. The summed E-state index contributed by atoms with van der Waals surface area (Å²) in [6, 6.07) is 8.09. The lowest BCUT2D eigenvalue weighted by Crippen LogP contribution is -2.36. The second-order valence-electron chi connectivity index (χ2n) is 4.83. The second-order valence-corrected chi connectivity index (χ2v) is 4.83. The number of aromatic nitrogens is 3. The van der Waals surface area contributed by atoms with Gasteiger partial charge in [0.15, 0.2) is 5.69 Å². The van der Waals surface area contributed by atoms with Crippen LogP contribution >= 0.6 is 0 Å². The van der Waals surface area contributed by atoms with Crippen molar-refractivity contribution in [2.24, 2.45) is 0 Å². The Labute approximate surface area is 118 Å². The summed E-state index contributed by atoms with van der Waals surface area (Å²) in [7, 11) is 4.00. The summed E-state index contributed by atoms with van der Waals surface area (Å²) in [5.41, 5.74) is 3.31. The standard InChI is InChI=1S/C15H18N4O/c1-11-15(19(20)12(2)17-16-11)10-7-13-5-8-14(9-6-13)18(3)4/h5-10H,1-4H3/b10-7+. The van der Waals surface area contributed by atoms with E-state index in [0.717, 1.165) is 16.0 Å². The van der Waals surface area contributed by atoms with Crippen molar-refractivity contribution in [3.63, 3.8) is 0 Å². The van der Waals surface area contributed by atoms with Crippen LogP contribution in [0.5, 0.6) is 0 Å². The van der Waals surface area contributed by atoms with E-state index < -0.39 is 0 Å². The van der Waals surface area contributed by atoms with Gasteiger partial charge in [-0.15, -0.1) is 0 Å². The first-order valence-electron chi connectivity index (χ1n) is 6.38. The van der Waals surface area contributed by atoms with Gasteiger partial charge in [-0.25, -0.2) is 4.73 Å². The summed E-state index contributed by atoms with van der Waals surface area (Å²) < 4.78 is 0.799. The van der Waals surface area contributed by atoms with E-state index in [4.69, 9.17) is 0 Å². The van der Waals surface area contributed by atoms with Gasteiger partial charge in [0.2, 0.25) is 0 Å². The Hall–Kier alpha value is -2.43. The Morgan fingerprint density at radius 3 is 2.30 bits per heavy atom. The lowest BCUT2D eigenvalue weighted by molar-refractivity contribution is -0.619. The zero-order valence-electron chi connectivity index (χ0n) is 12.2. The molecule has 0 saturated carbocycles. The van der Waals surface area contributed by atoms with E-state index in [0.29, 0.717) is 17.2 Å². The fraction of sp³-hybridized carbons (Fsp3) is 0.267. The van der Waals surface area contributed by atoms with Crippen LogP contribution in [0.4, 0.5) is 5.69 Å². The van der Waals surface area contributed by atoms with Gasteiger partial charge in [-0.3, -0.25) is 0 Å². The zero-order chi connectivity index (χ0) is 14.7. The first kappa shape index (κ1) is 14.0. The Bertz CT molecular complexity index is 633. The normalized spacial score (nSPS) is 11.0. The summed E-state index contributed by atoms with van der Waals surface area (Å²) in [6.07, 6.45) is 3.67. The maximum absolute atomic E-state index is 11.9. The lowest BCUT2D eigenvalue weighted by Gasteiger charge is -2.12. The molecule has 0 saturated heterocycles. The molecule has 0 aliphatic rings. The van der Waals surface area contributed by atoms with E-state index in [1.807, 2.05) is 49.3 Å². The van der Waals surface area contributed by atoms with Gasteiger partial charge in [0, 0.05) is 26.7 Å². The third kappa shape index (κ3) is 2.93. The lowest BCUT2D eigenvalue weighted by atomic mass is 10.1. The number of hydrogen-bond acceptors (Lipinski definition) is 4. The molecule has 1 aromatic carbocycles. The van der Waals surface area contributed by atoms with Gasteiger partial charge in [-0.2, -0.15) is 0 Å². The van der Waals surface area contributed by atoms with Crippen LogP contribution < -0.4 is 9.63 Å². The van der Waals surface area contributed by atoms with Crippen LogP contribution in [0.25, 0.3) is 12.2 Å². The fourth-order valence-corrected chi connectivity index (χ4v) is 1.81. The van der Waals surface area contributed by atoms with E-state index in [9.17, 15) is 5.21 Å². The van der Waals surface area contributed by atoms with Gasteiger partial charge in [-0.05, 0) is 35.8 Å². The Morgan fingerprint density at radius 1 is 1.05 bits per heavy atom. The highest BCUT2D eigenvalue weighted by atomic mass is 16.5. The summed E-state index contributed by atoms with van der Waals surface area (Å²) >= 11 is 0. The average Bonchev–Trinajstić information content (AvgIpc) is 2.43. The maximum atomic E-state index is 11.9. The predicted molar refractivity (Wildman–Crippen MR) is 80.2 cm³/mol. The monoisotopic (exact) mass is 270 g/mol. The number of nitrogens with zero attached hydrogens (tertiary/aromatic N) is 4. The average molecular weight is 270 g/mol. The molecule has 0 amide bonds. The molecule has 0 bridgehead atoms. The molecule has 1 aromatic heterocycles. The summed E-state index contributed by atoms with van der Waals surface area (Å²) in [5, 5.41) is 19.7. The molecule has 0 fully saturated rings. The van der Waals surface area contributed by atoms with Crippen molar-refractivity contribution in [2.75, 3.05) is 19.0 Å². The molecule has 2 rings (SSSR count). The topological polar surface area (TPSA) is 56.0 Å². The van der Waals surface area contributed by atoms with Crippen molar-refractivity contribution < 1.29 is 4.73 Å². The van der Waals surface area contributed by atoms with Crippen LogP contribution in [-0.2, 0) is 0 Å². The molecular weight excluding hydrogens is 252 g/mol. The van der Waals surface area contributed by atoms with E-state index in [-0.39, 0.29) is 0 Å². The van der Waals surface area contributed by atoms with Gasteiger partial charge in [0.1, 0.15) is 5.69 Å². The number of hydrogen-bond donors (Lipinski definition) is 0. The van der Waals surface area contributed by atoms with Crippen LogP contribution in [0.15, 0.2) is 24.3 Å². The number of rotatable bonds is 3. The van der Waals surface area contributed by atoms with Crippen LogP contribution in [0, 0.1) is 19.1 Å². The van der Waals surface area contributed by atoms with E-state index in [1.54, 1.807) is 19.9 Å². The molecule has 0 N–H and O–H groups in total. The molecule has 0 aliphatic heterocycles. The van der Waals surface area contributed by atoms with Crippen molar-refractivity contribution in [3.8, 4) is 0 Å². The Kier molecular flexibility index (Phi) is 3.98. The van der Waals surface area contributed by atoms with Crippen molar-refractivity contribution in [1.29, 1.82) is 0 Å². The highest BCUT2D eigenvalue weighted by Gasteiger charge is 2.09. The third-order valence-electron chi connectivity index (χ3n) is 3.07. The highest BCUT2D eigenvalue weighted by molar-refractivity contribution is 5.68. The second kappa shape index (κ2) is 5.69. The molecule has 0 unspecified atom stereocenters. The SMILES string of the molecule is Cc1nnc(C)[n+]([O-])c1/C=C/c1ccc(N(C)C)cc1. The molecule has 0 spiro atoms. The van der Waals surface area contributed by atoms with Gasteiger partial charge >= 0.3 is 5.82 Å². The summed E-state index contributed by atoms with van der Waals surface area (Å²) in [4.78, 5) is 2.04. The number of anilines is 1. The largest absolute Gasteiger partial charge is 0.710 e. The molecule has 5 nitrogen and oxygen atoms in total. The Morgan fingerprint density at radius 2 is 1.70 bits per heavy atom. The zero-order valence-corrected chi connectivity index (χ0v) is 12.2. The van der Waals surface area contributed by atoms with Crippen LogP contribution in [0.3, 0.4) is 0 Å². The molecule has 104 valence electrons. The van der Waals surface area contributed by atoms with E-state index in [2.05, 4.69) is 10.2 Å². The fourth-order valence-electron chi connectivity index (χ4n) is 1.81. The van der Waals surface area contributed by atoms with Crippen molar-refractivity contribution in [2.45, 2.75) is 13.8 Å². The predicted octanol–water partition coefficient (Wildman–Crippen LogP) is 1.96. The van der Waals surface area contributed by atoms with Crippen LogP contribution in [0.2, 0.25) is 0 Å². The maximum Gasteiger partial charge on any atom is 0.326 e. The molecule has 1 heterocycles. The van der Waals surface area contributed by atoms with Gasteiger partial charge < -0.3 is 10.1 Å². The van der Waals surface area contributed by atoms with Crippen LogP contribution in [-0.4, -0.2) is 24.3 Å². The molecule has 0 atom stereocenters. The summed E-state index contributed by atoms with van der Waals surface area (Å²) in [5.74, 6) is 0.346. The highest BCUT2D eigenvalue weighted by Crippen LogP contribution is 2.14. The molecule has 20 heavy (non-hydrogen) atoms. The van der Waals surface area contributed by atoms with Gasteiger partial charge in [-0.1, -0.05) is 18.2 Å². The molecule has 0 radical (unpaired) electrons. The minimum atomic E-state index is 0.346. The molecular formula is C15H18N4O. The summed E-state index contributed by atoms with van der Waals surface area (Å²) in [6.45, 7) is 3.41. The number of aryl methyl sites for hydroxylation is 2. The first-order valence-corrected chi connectivity index (χ1v) is 6.38. The minimum Gasteiger partial charge on any atom is -0.710 e. The molecule has 0 aliphatic carbocycles. The molecule has 5 heteroatoms. The molecule has 2 aromatic rings. The third-order valence-corrected chi connectivity index (χ3v) is 3.07.